The first-order chi connectivity index (χ1) is 23.3. The number of carbonyl (C=O) groups is 4. The van der Waals surface area contributed by atoms with E-state index in [1.54, 1.807) is 42.3 Å². The van der Waals surface area contributed by atoms with Gasteiger partial charge in [-0.05, 0) is 53.8 Å². The van der Waals surface area contributed by atoms with E-state index in [0.29, 0.717) is 15.3 Å². The lowest BCUT2D eigenvalue weighted by atomic mass is 10.1. The molecule has 3 heterocycles. The number of nitrogens with one attached hydrogen (secondary N) is 2. The van der Waals surface area contributed by atoms with Crippen LogP contribution in [0.2, 0.25) is 0 Å². The first-order valence-electron chi connectivity index (χ1n) is 14.8. The van der Waals surface area contributed by atoms with Crippen molar-refractivity contribution in [1.82, 2.24) is 24.2 Å². The van der Waals surface area contributed by atoms with E-state index in [1.807, 2.05) is 0 Å². The number of aromatic hydroxyl groups is 1. The first kappa shape index (κ1) is 32.9. The number of halogens is 1. The van der Waals surface area contributed by atoms with Gasteiger partial charge in [0.2, 0.25) is 34.5 Å². The topological polar surface area (TPSA) is 221 Å². The van der Waals surface area contributed by atoms with Crippen molar-refractivity contribution < 1.29 is 37.1 Å². The van der Waals surface area contributed by atoms with Crippen molar-refractivity contribution in [2.75, 3.05) is 16.2 Å². The molecule has 254 valence electrons. The van der Waals surface area contributed by atoms with E-state index in [9.17, 15) is 37.5 Å². The maximum absolute atomic E-state index is 15.3. The molecular weight excluding hydrogens is 663 g/mol. The summed E-state index contributed by atoms with van der Waals surface area (Å²) in [6.07, 6.45) is 3.72. The summed E-state index contributed by atoms with van der Waals surface area (Å²) in [7, 11) is -1.89. The maximum Gasteiger partial charge on any atom is 0.329 e. The SMILES string of the molecule is Cn1c(=O)n(C2CCC(=O)NC2=O)c2ccc(-c3cnn(CCC(=O)Nc4ccc5c(F)c(N(CC(N)=O)[SH](=O)=O)c(O)cc5c4)c3)cc21. The highest BCUT2D eigenvalue weighted by Gasteiger charge is 2.31. The summed E-state index contributed by atoms with van der Waals surface area (Å²) in [4.78, 5) is 61.2. The normalized spacial score (nSPS) is 14.8. The van der Waals surface area contributed by atoms with Gasteiger partial charge in [-0.1, -0.05) is 6.07 Å². The van der Waals surface area contributed by atoms with Crippen molar-refractivity contribution in [3.05, 3.63) is 71.2 Å². The largest absolute Gasteiger partial charge is 0.506 e. The average molecular weight is 693 g/mol. The van der Waals surface area contributed by atoms with Gasteiger partial charge in [-0.3, -0.25) is 42.6 Å². The molecule has 2 aromatic heterocycles. The fourth-order valence-corrected chi connectivity index (χ4v) is 6.48. The Kier molecular flexibility index (Phi) is 8.64. The minimum absolute atomic E-state index is 0.0126. The minimum Gasteiger partial charge on any atom is -0.506 e. The second kappa shape index (κ2) is 12.9. The second-order valence-electron chi connectivity index (χ2n) is 11.4. The number of rotatable bonds is 10. The number of aryl methyl sites for hydroxylation is 2. The van der Waals surface area contributed by atoms with Crippen LogP contribution >= 0.6 is 0 Å². The van der Waals surface area contributed by atoms with Crippen LogP contribution in [0.5, 0.6) is 5.75 Å². The van der Waals surface area contributed by atoms with Gasteiger partial charge in [-0.2, -0.15) is 5.10 Å². The van der Waals surface area contributed by atoms with E-state index in [2.05, 4.69) is 15.7 Å². The molecule has 5 N–H and O–H groups in total. The number of piperidine rings is 1. The average Bonchev–Trinajstić information content (AvgIpc) is 3.61. The molecule has 1 atom stereocenters. The zero-order chi connectivity index (χ0) is 35.1. The van der Waals surface area contributed by atoms with Crippen molar-refractivity contribution in [1.29, 1.82) is 0 Å². The van der Waals surface area contributed by atoms with Crippen molar-refractivity contribution in [2.24, 2.45) is 12.8 Å². The van der Waals surface area contributed by atoms with Crippen LogP contribution in [0.15, 0.2) is 59.7 Å². The number of benzene rings is 3. The highest BCUT2D eigenvalue weighted by Crippen LogP contribution is 2.37. The molecule has 1 fully saturated rings. The van der Waals surface area contributed by atoms with Gasteiger partial charge in [0.1, 0.15) is 24.0 Å². The Labute approximate surface area is 277 Å². The van der Waals surface area contributed by atoms with Crippen LogP contribution in [0, 0.1) is 5.82 Å². The standard InChI is InChI=1S/C31H29FN8O8S/c1-37-23-11-16(2-5-21(23)40(31(37)46)22-6-7-26(43)36-30(22)45)18-13-34-38(14-18)9-8-27(44)35-19-3-4-20-17(10-19)12-24(41)29(28(20)32)39(49(47)48)15-25(33)42/h2-5,10-14,22,41,49H,6-9,15H2,1H3,(H2,33,42)(H,35,44)(H,36,43,45). The Hall–Kier alpha value is -6.04. The van der Waals surface area contributed by atoms with E-state index < -0.39 is 52.5 Å². The number of nitrogens with zero attached hydrogens (tertiary/aromatic N) is 5. The first-order valence-corrected chi connectivity index (χ1v) is 16.0. The van der Waals surface area contributed by atoms with E-state index >= 15 is 4.39 Å². The molecule has 49 heavy (non-hydrogen) atoms. The van der Waals surface area contributed by atoms with Crippen molar-refractivity contribution in [3.8, 4) is 16.9 Å². The monoisotopic (exact) mass is 692 g/mol. The number of hydrogen-bond acceptors (Lipinski definition) is 9. The highest BCUT2D eigenvalue weighted by atomic mass is 32.2. The summed E-state index contributed by atoms with van der Waals surface area (Å²) in [6, 6.07) is 9.74. The lowest BCUT2D eigenvalue weighted by molar-refractivity contribution is -0.135. The van der Waals surface area contributed by atoms with Gasteiger partial charge in [-0.15, -0.1) is 0 Å². The van der Waals surface area contributed by atoms with Gasteiger partial charge in [0.15, 0.2) is 5.82 Å². The number of fused-ring (bicyclic) bond motifs is 2. The second-order valence-corrected chi connectivity index (χ2v) is 12.4. The third-order valence-corrected chi connectivity index (χ3v) is 8.96. The van der Waals surface area contributed by atoms with Crippen LogP contribution in [0.4, 0.5) is 15.8 Å². The summed E-state index contributed by atoms with van der Waals surface area (Å²) in [5.74, 6) is -4.15. The molecule has 1 aliphatic rings. The van der Waals surface area contributed by atoms with Crippen LogP contribution in [0.25, 0.3) is 32.9 Å². The summed E-state index contributed by atoms with van der Waals surface area (Å²) >= 11 is 0. The molecule has 0 saturated carbocycles. The number of primary amides is 1. The molecule has 1 aliphatic heterocycles. The number of carbonyl (C=O) groups excluding carboxylic acids is 4. The predicted octanol–water partition coefficient (Wildman–Crippen LogP) is 1.03. The lowest BCUT2D eigenvalue weighted by Crippen LogP contribution is -2.44. The zero-order valence-electron chi connectivity index (χ0n) is 25.8. The number of aromatic nitrogens is 4. The fraction of sp³-hybridized carbons (Fsp3) is 0.226. The third-order valence-electron chi connectivity index (χ3n) is 8.22. The molecule has 0 aliphatic carbocycles. The van der Waals surface area contributed by atoms with E-state index in [-0.39, 0.29) is 59.8 Å². The Morgan fingerprint density at radius 2 is 1.90 bits per heavy atom. The number of phenolic OH excluding ortho intramolecular Hbond substituents is 1. The molecular formula is C31H29FN8O8S. The summed E-state index contributed by atoms with van der Waals surface area (Å²) in [6.45, 7) is -0.661. The molecule has 0 bridgehead atoms. The van der Waals surface area contributed by atoms with Crippen LogP contribution in [0.3, 0.4) is 0 Å². The van der Waals surface area contributed by atoms with E-state index in [0.717, 1.165) is 17.2 Å². The predicted molar refractivity (Wildman–Crippen MR) is 175 cm³/mol. The molecule has 6 rings (SSSR count). The molecule has 0 radical (unpaired) electrons. The number of imidazole rings is 1. The van der Waals surface area contributed by atoms with E-state index in [4.69, 9.17) is 5.73 Å². The van der Waals surface area contributed by atoms with E-state index in [1.165, 1.54) is 27.3 Å². The summed E-state index contributed by atoms with van der Waals surface area (Å²) in [5, 5.41) is 19.8. The molecule has 0 spiro atoms. The van der Waals surface area contributed by atoms with Gasteiger partial charge in [-0.25, -0.2) is 17.6 Å². The van der Waals surface area contributed by atoms with Gasteiger partial charge in [0, 0.05) is 49.3 Å². The summed E-state index contributed by atoms with van der Waals surface area (Å²) < 4.78 is 43.3. The molecule has 1 unspecified atom stereocenters. The third kappa shape index (κ3) is 6.32. The zero-order valence-corrected chi connectivity index (χ0v) is 26.6. The Morgan fingerprint density at radius 1 is 1.12 bits per heavy atom. The molecule has 18 heteroatoms. The maximum atomic E-state index is 15.3. The van der Waals surface area contributed by atoms with Crippen LogP contribution in [0.1, 0.15) is 25.3 Å². The van der Waals surface area contributed by atoms with Crippen LogP contribution in [-0.2, 0) is 43.7 Å². The number of phenols is 1. The number of anilines is 2. The number of nitrogens with two attached hydrogens (primary N) is 1. The molecule has 16 nitrogen and oxygen atoms in total. The van der Waals surface area contributed by atoms with Gasteiger partial charge in [0.05, 0.1) is 17.2 Å². The fourth-order valence-electron chi connectivity index (χ4n) is 5.87. The van der Waals surface area contributed by atoms with Gasteiger partial charge >= 0.3 is 5.69 Å². The number of hydrogen-bond donors (Lipinski definition) is 5. The Morgan fingerprint density at radius 3 is 2.61 bits per heavy atom. The quantitative estimate of drug-likeness (QED) is 0.104. The molecule has 1 saturated heterocycles. The van der Waals surface area contributed by atoms with Crippen molar-refractivity contribution in [3.63, 3.8) is 0 Å². The van der Waals surface area contributed by atoms with Crippen LogP contribution < -0.4 is 26.4 Å². The summed E-state index contributed by atoms with van der Waals surface area (Å²) in [5.41, 5.74) is 6.85. The number of thiol groups is 1. The Bertz CT molecular complexity index is 2340. The highest BCUT2D eigenvalue weighted by molar-refractivity contribution is 7.74. The molecule has 3 aromatic carbocycles. The van der Waals surface area contributed by atoms with Gasteiger partial charge in [0.25, 0.3) is 0 Å². The molecule has 5 aromatic rings. The lowest BCUT2D eigenvalue weighted by Gasteiger charge is -2.21. The Balaban J connectivity index is 1.14. The van der Waals surface area contributed by atoms with Crippen LogP contribution in [-0.4, -0.2) is 62.6 Å². The smallest absolute Gasteiger partial charge is 0.329 e. The minimum atomic E-state index is -3.49. The van der Waals surface area contributed by atoms with Crippen molar-refractivity contribution in [2.45, 2.75) is 31.8 Å². The number of imide groups is 1. The van der Waals surface area contributed by atoms with Gasteiger partial charge < -0.3 is 16.2 Å². The molecule has 4 amide bonds. The number of amides is 4. The van der Waals surface area contributed by atoms with Crippen molar-refractivity contribution >= 4 is 67.7 Å².